The molecule has 0 aliphatic rings. The number of hydrazone groups is 1. The van der Waals surface area contributed by atoms with Crippen molar-refractivity contribution in [1.29, 1.82) is 0 Å². The Labute approximate surface area is 128 Å². The van der Waals surface area contributed by atoms with Gasteiger partial charge in [0.2, 0.25) is 5.91 Å². The number of amides is 1. The molecule has 0 spiro atoms. The van der Waals surface area contributed by atoms with Gasteiger partial charge in [-0.25, -0.2) is 5.43 Å². The van der Waals surface area contributed by atoms with Crippen molar-refractivity contribution in [2.24, 2.45) is 5.10 Å². The highest BCUT2D eigenvalue weighted by molar-refractivity contribution is 6.01. The lowest BCUT2D eigenvalue weighted by atomic mass is 10.1. The molecule has 5 heteroatoms. The molecule has 5 nitrogen and oxygen atoms in total. The predicted molar refractivity (Wildman–Crippen MR) is 84.9 cm³/mol. The number of benzene rings is 2. The Hall–Kier alpha value is -2.82. The van der Waals surface area contributed by atoms with Crippen LogP contribution in [0.3, 0.4) is 0 Å². The summed E-state index contributed by atoms with van der Waals surface area (Å²) in [5.74, 6) is -0.304. The van der Waals surface area contributed by atoms with Crippen LogP contribution in [0.15, 0.2) is 53.6 Å². The Bertz CT molecular complexity index is 682. The zero-order valence-electron chi connectivity index (χ0n) is 12.3. The third-order valence-electron chi connectivity index (χ3n) is 3.20. The molecule has 0 aliphatic heterocycles. The summed E-state index contributed by atoms with van der Waals surface area (Å²) in [6.45, 7) is 1.67. The van der Waals surface area contributed by atoms with E-state index in [4.69, 9.17) is 0 Å². The van der Waals surface area contributed by atoms with E-state index in [2.05, 4.69) is 10.5 Å². The normalized spacial score (nSPS) is 11.2. The zero-order chi connectivity index (χ0) is 15.9. The first-order chi connectivity index (χ1) is 10.6. The monoisotopic (exact) mass is 298 g/mol. The van der Waals surface area contributed by atoms with E-state index >= 15 is 0 Å². The molecule has 0 heterocycles. The van der Waals surface area contributed by atoms with Crippen LogP contribution < -0.4 is 5.43 Å². The second kappa shape index (κ2) is 7.26. The van der Waals surface area contributed by atoms with E-state index in [-0.39, 0.29) is 17.4 Å². The van der Waals surface area contributed by atoms with E-state index in [1.165, 1.54) is 12.1 Å². The van der Waals surface area contributed by atoms with Crippen molar-refractivity contribution >= 4 is 11.6 Å². The third kappa shape index (κ3) is 4.34. The van der Waals surface area contributed by atoms with Crippen LogP contribution in [-0.4, -0.2) is 21.8 Å². The first-order valence-electron chi connectivity index (χ1n) is 6.95. The molecule has 0 saturated heterocycles. The number of aryl methyl sites for hydroxylation is 1. The molecule has 2 rings (SSSR count). The van der Waals surface area contributed by atoms with Crippen molar-refractivity contribution in [3.63, 3.8) is 0 Å². The van der Waals surface area contributed by atoms with Gasteiger partial charge in [0, 0.05) is 18.1 Å². The molecule has 3 N–H and O–H groups in total. The zero-order valence-corrected chi connectivity index (χ0v) is 12.3. The number of aromatic hydroxyl groups is 2. The second-order valence-corrected chi connectivity index (χ2v) is 4.92. The average molecular weight is 298 g/mol. The van der Waals surface area contributed by atoms with Gasteiger partial charge in [-0.3, -0.25) is 4.79 Å². The fraction of sp³-hybridized carbons (Fsp3) is 0.176. The lowest BCUT2D eigenvalue weighted by Gasteiger charge is -2.05. The summed E-state index contributed by atoms with van der Waals surface area (Å²) in [6.07, 6.45) is 0.980. The Morgan fingerprint density at radius 1 is 1.14 bits per heavy atom. The maximum Gasteiger partial charge on any atom is 0.240 e. The summed E-state index contributed by atoms with van der Waals surface area (Å²) in [4.78, 5) is 11.8. The molecule has 114 valence electrons. The molecule has 0 saturated carbocycles. The van der Waals surface area contributed by atoms with Crippen molar-refractivity contribution in [2.45, 2.75) is 19.8 Å². The molecule has 1 amide bonds. The highest BCUT2D eigenvalue weighted by Gasteiger charge is 2.07. The molecule has 22 heavy (non-hydrogen) atoms. The Morgan fingerprint density at radius 3 is 2.55 bits per heavy atom. The van der Waals surface area contributed by atoms with Crippen LogP contribution in [0.1, 0.15) is 24.5 Å². The number of carbonyl (C=O) groups is 1. The van der Waals surface area contributed by atoms with E-state index < -0.39 is 0 Å². The first kappa shape index (κ1) is 15.6. The Balaban J connectivity index is 1.91. The minimum Gasteiger partial charge on any atom is -0.508 e. The maximum absolute atomic E-state index is 11.8. The molecule has 2 aromatic carbocycles. The number of phenolic OH excluding ortho intramolecular Hbond substituents is 2. The highest BCUT2D eigenvalue weighted by Crippen LogP contribution is 2.22. The van der Waals surface area contributed by atoms with Crippen molar-refractivity contribution in [2.75, 3.05) is 0 Å². The molecule has 2 aromatic rings. The van der Waals surface area contributed by atoms with Crippen LogP contribution in [0.25, 0.3) is 0 Å². The number of carbonyl (C=O) groups excluding carboxylic acids is 1. The topological polar surface area (TPSA) is 81.9 Å². The summed E-state index contributed by atoms with van der Waals surface area (Å²) in [6, 6.07) is 14.0. The lowest BCUT2D eigenvalue weighted by Crippen LogP contribution is -2.19. The maximum atomic E-state index is 11.8. The molecule has 0 atom stereocenters. The van der Waals surface area contributed by atoms with E-state index in [1.54, 1.807) is 13.0 Å². The summed E-state index contributed by atoms with van der Waals surface area (Å²) in [5.41, 5.74) is 4.48. The summed E-state index contributed by atoms with van der Waals surface area (Å²) in [5, 5.41) is 22.9. The molecular weight excluding hydrogens is 280 g/mol. The summed E-state index contributed by atoms with van der Waals surface area (Å²) in [7, 11) is 0. The van der Waals surface area contributed by atoms with Crippen LogP contribution in [0.2, 0.25) is 0 Å². The Morgan fingerprint density at radius 2 is 1.86 bits per heavy atom. The van der Waals surface area contributed by atoms with Gasteiger partial charge in [0.05, 0.1) is 5.71 Å². The standard InChI is InChI=1S/C17H18N2O3/c1-12(15-9-8-14(20)11-16(15)21)18-19-17(22)10-7-13-5-3-2-4-6-13/h2-6,8-9,11,20-21H,7,10H2,1H3,(H,19,22)/b18-12-. The van der Waals surface area contributed by atoms with E-state index in [9.17, 15) is 15.0 Å². The molecule has 0 bridgehead atoms. The molecule has 0 fully saturated rings. The quantitative estimate of drug-likeness (QED) is 0.586. The van der Waals surface area contributed by atoms with Crippen molar-refractivity contribution in [3.05, 3.63) is 59.7 Å². The molecule has 0 unspecified atom stereocenters. The number of nitrogens with one attached hydrogen (secondary N) is 1. The van der Waals surface area contributed by atoms with Crippen LogP contribution in [0.4, 0.5) is 0 Å². The minimum absolute atomic E-state index is 0.0269. The fourth-order valence-electron chi connectivity index (χ4n) is 1.99. The highest BCUT2D eigenvalue weighted by atomic mass is 16.3. The largest absolute Gasteiger partial charge is 0.508 e. The van der Waals surface area contributed by atoms with E-state index in [1.807, 2.05) is 30.3 Å². The van der Waals surface area contributed by atoms with Gasteiger partial charge in [-0.2, -0.15) is 5.10 Å². The predicted octanol–water partition coefficient (Wildman–Crippen LogP) is 2.57. The number of hydrogen-bond donors (Lipinski definition) is 3. The molecule has 0 aliphatic carbocycles. The van der Waals surface area contributed by atoms with Gasteiger partial charge in [-0.15, -0.1) is 0 Å². The fourth-order valence-corrected chi connectivity index (χ4v) is 1.99. The van der Waals surface area contributed by atoms with E-state index in [0.717, 1.165) is 5.56 Å². The Kier molecular flexibility index (Phi) is 5.14. The van der Waals surface area contributed by atoms with E-state index in [0.29, 0.717) is 24.1 Å². The number of phenols is 2. The second-order valence-electron chi connectivity index (χ2n) is 4.92. The summed E-state index contributed by atoms with van der Waals surface area (Å²) >= 11 is 0. The molecular formula is C17H18N2O3. The molecule has 0 aromatic heterocycles. The third-order valence-corrected chi connectivity index (χ3v) is 3.20. The van der Waals surface area contributed by atoms with Crippen LogP contribution in [0, 0.1) is 0 Å². The van der Waals surface area contributed by atoms with Gasteiger partial charge in [0.1, 0.15) is 11.5 Å². The SMILES string of the molecule is C/C(=N/NC(=O)CCc1ccccc1)c1ccc(O)cc1O. The van der Waals surface area contributed by atoms with Crippen LogP contribution in [-0.2, 0) is 11.2 Å². The number of rotatable bonds is 5. The van der Waals surface area contributed by atoms with Crippen molar-refractivity contribution in [1.82, 2.24) is 5.43 Å². The van der Waals surface area contributed by atoms with Crippen LogP contribution in [0.5, 0.6) is 11.5 Å². The van der Waals surface area contributed by atoms with Crippen molar-refractivity contribution in [3.8, 4) is 11.5 Å². The lowest BCUT2D eigenvalue weighted by molar-refractivity contribution is -0.121. The van der Waals surface area contributed by atoms with Crippen LogP contribution >= 0.6 is 0 Å². The first-order valence-corrected chi connectivity index (χ1v) is 6.95. The number of hydrogen-bond acceptors (Lipinski definition) is 4. The van der Waals surface area contributed by atoms with Crippen molar-refractivity contribution < 1.29 is 15.0 Å². The number of nitrogens with zero attached hydrogens (tertiary/aromatic N) is 1. The average Bonchev–Trinajstić information content (AvgIpc) is 2.51. The summed E-state index contributed by atoms with van der Waals surface area (Å²) < 4.78 is 0. The molecule has 0 radical (unpaired) electrons. The van der Waals surface area contributed by atoms with Gasteiger partial charge in [-0.1, -0.05) is 30.3 Å². The van der Waals surface area contributed by atoms with Gasteiger partial charge >= 0.3 is 0 Å². The minimum atomic E-state index is -0.193. The van der Waals surface area contributed by atoms with Gasteiger partial charge < -0.3 is 10.2 Å². The van der Waals surface area contributed by atoms with Gasteiger partial charge in [0.25, 0.3) is 0 Å². The van der Waals surface area contributed by atoms with Gasteiger partial charge in [-0.05, 0) is 31.0 Å². The smallest absolute Gasteiger partial charge is 0.240 e. The van der Waals surface area contributed by atoms with Gasteiger partial charge in [0.15, 0.2) is 0 Å².